The maximum atomic E-state index is 13.7. The van der Waals surface area contributed by atoms with Gasteiger partial charge in [-0.3, -0.25) is 9.78 Å². The third-order valence-corrected chi connectivity index (χ3v) is 8.75. The van der Waals surface area contributed by atoms with Crippen LogP contribution in [0.2, 0.25) is 0 Å². The van der Waals surface area contributed by atoms with Crippen molar-refractivity contribution >= 4 is 32.7 Å². The minimum Gasteiger partial charge on any atom is -0.375 e. The van der Waals surface area contributed by atoms with Gasteiger partial charge in [-0.25, -0.2) is 18.1 Å². The summed E-state index contributed by atoms with van der Waals surface area (Å²) in [5.41, 5.74) is 1.50. The van der Waals surface area contributed by atoms with E-state index >= 15 is 0 Å². The fraction of sp³-hybridized carbons (Fsp3) is 0.464. The number of hydrogen-bond donors (Lipinski definition) is 1. The van der Waals surface area contributed by atoms with Gasteiger partial charge in [-0.15, -0.1) is 0 Å². The number of benzene rings is 1. The third-order valence-electron chi connectivity index (χ3n) is 7.36. The van der Waals surface area contributed by atoms with Gasteiger partial charge in [-0.2, -0.15) is 0 Å². The van der Waals surface area contributed by atoms with Gasteiger partial charge in [0.25, 0.3) is 10.0 Å². The monoisotopic (exact) mass is 522 g/mol. The highest BCUT2D eigenvalue weighted by atomic mass is 32.2. The number of aryl methyl sites for hydroxylation is 1. The summed E-state index contributed by atoms with van der Waals surface area (Å²) < 4.78 is 35.2. The van der Waals surface area contributed by atoms with Crippen LogP contribution < -0.4 is 9.62 Å². The van der Waals surface area contributed by atoms with E-state index in [9.17, 15) is 13.2 Å². The highest BCUT2D eigenvalue weighted by molar-refractivity contribution is 7.90. The van der Waals surface area contributed by atoms with Crippen LogP contribution in [-0.2, 0) is 31.4 Å². The maximum absolute atomic E-state index is 13.7. The minimum atomic E-state index is -4.10. The van der Waals surface area contributed by atoms with Crippen molar-refractivity contribution in [3.05, 3.63) is 59.9 Å². The lowest BCUT2D eigenvalue weighted by atomic mass is 9.93. The van der Waals surface area contributed by atoms with Crippen LogP contribution in [0.15, 0.2) is 53.7 Å². The molecule has 2 aromatic heterocycles. The van der Waals surface area contributed by atoms with E-state index in [1.54, 1.807) is 30.5 Å². The first-order valence-corrected chi connectivity index (χ1v) is 14.5. The molecule has 5 rings (SSSR count). The zero-order valence-electron chi connectivity index (χ0n) is 21.6. The Bertz CT molecular complexity index is 1410. The number of hydrogen-bond acceptors (Lipinski definition) is 7. The van der Waals surface area contributed by atoms with Gasteiger partial charge in [-0.05, 0) is 81.8 Å². The topological polar surface area (TPSA) is 101 Å². The van der Waals surface area contributed by atoms with E-state index in [4.69, 9.17) is 9.72 Å². The van der Waals surface area contributed by atoms with Gasteiger partial charge < -0.3 is 9.64 Å². The van der Waals surface area contributed by atoms with Crippen molar-refractivity contribution in [2.45, 2.75) is 75.4 Å². The molecule has 0 spiro atoms. The van der Waals surface area contributed by atoms with Gasteiger partial charge in [0, 0.05) is 36.4 Å². The number of rotatable bonds is 8. The Morgan fingerprint density at radius 3 is 2.59 bits per heavy atom. The van der Waals surface area contributed by atoms with Crippen molar-refractivity contribution < 1.29 is 17.9 Å². The Morgan fingerprint density at radius 2 is 1.92 bits per heavy atom. The predicted molar refractivity (Wildman–Crippen MR) is 143 cm³/mol. The molecule has 3 aromatic rings. The average molecular weight is 523 g/mol. The van der Waals surface area contributed by atoms with Crippen LogP contribution in [0.25, 0.3) is 10.9 Å². The van der Waals surface area contributed by atoms with E-state index in [1.807, 2.05) is 33.0 Å². The smallest absolute Gasteiger partial charge is 0.264 e. The van der Waals surface area contributed by atoms with Gasteiger partial charge in [0.1, 0.15) is 5.82 Å². The first-order valence-electron chi connectivity index (χ1n) is 13.0. The van der Waals surface area contributed by atoms with Crippen LogP contribution in [0.5, 0.6) is 0 Å². The molecular formula is C28H34N4O4S. The Labute approximate surface area is 218 Å². The Kier molecular flexibility index (Phi) is 6.93. The standard InChI is InChI=1S/C28H34N4O4S/c1-4-20-17-23(26(30-18-20)32-15-10-21(11-16-32)36-19(2)3)28(12-13-28)27(33)31-37(34,35)25-9-5-8-24-22(25)7-6-14-29-24/h5-9,14,17-19,21H,4,10-13,15-16H2,1-3H3,(H,31,33). The molecule has 0 bridgehead atoms. The van der Waals surface area contributed by atoms with Crippen LogP contribution >= 0.6 is 0 Å². The molecule has 1 N–H and O–H groups in total. The van der Waals surface area contributed by atoms with Crippen LogP contribution in [0.4, 0.5) is 5.82 Å². The maximum Gasteiger partial charge on any atom is 0.264 e. The summed E-state index contributed by atoms with van der Waals surface area (Å²) in [6.07, 6.45) is 7.60. The van der Waals surface area contributed by atoms with E-state index in [2.05, 4.69) is 14.6 Å². The van der Waals surface area contributed by atoms with E-state index in [-0.39, 0.29) is 17.1 Å². The lowest BCUT2D eigenvalue weighted by Gasteiger charge is -2.35. The van der Waals surface area contributed by atoms with Crippen LogP contribution in [0.3, 0.4) is 0 Å². The SMILES string of the molecule is CCc1cnc(N2CCC(OC(C)C)CC2)c(C2(C(=O)NS(=O)(=O)c3cccc4ncccc34)CC2)c1. The van der Waals surface area contributed by atoms with Gasteiger partial charge in [0.05, 0.1) is 28.0 Å². The van der Waals surface area contributed by atoms with Gasteiger partial charge in [0.2, 0.25) is 5.91 Å². The van der Waals surface area contributed by atoms with E-state index < -0.39 is 21.3 Å². The van der Waals surface area contributed by atoms with Crippen molar-refractivity contribution in [3.63, 3.8) is 0 Å². The van der Waals surface area contributed by atoms with Crippen LogP contribution in [0, 0.1) is 0 Å². The molecule has 0 atom stereocenters. The van der Waals surface area contributed by atoms with Gasteiger partial charge in [-0.1, -0.05) is 13.0 Å². The quantitative estimate of drug-likeness (QED) is 0.475. The normalized spacial score (nSPS) is 17.8. The van der Waals surface area contributed by atoms with Crippen molar-refractivity contribution in [1.82, 2.24) is 14.7 Å². The number of nitrogens with zero attached hydrogens (tertiary/aromatic N) is 3. The summed E-state index contributed by atoms with van der Waals surface area (Å²) in [7, 11) is -4.10. The largest absolute Gasteiger partial charge is 0.375 e. The number of pyridine rings is 2. The molecule has 3 heterocycles. The number of aromatic nitrogens is 2. The molecular weight excluding hydrogens is 488 g/mol. The van der Waals surface area contributed by atoms with Crippen LogP contribution in [-0.4, -0.2) is 49.6 Å². The number of piperidine rings is 1. The second-order valence-electron chi connectivity index (χ2n) is 10.3. The third kappa shape index (κ3) is 5.07. The number of anilines is 1. The highest BCUT2D eigenvalue weighted by Crippen LogP contribution is 2.52. The summed E-state index contributed by atoms with van der Waals surface area (Å²) in [6, 6.07) is 10.3. The highest BCUT2D eigenvalue weighted by Gasteiger charge is 2.54. The lowest BCUT2D eigenvalue weighted by molar-refractivity contribution is -0.121. The summed E-state index contributed by atoms with van der Waals surface area (Å²) in [6.45, 7) is 7.71. The predicted octanol–water partition coefficient (Wildman–Crippen LogP) is 4.12. The molecule has 2 aliphatic rings. The molecule has 196 valence electrons. The van der Waals surface area contributed by atoms with Crippen molar-refractivity contribution in [2.24, 2.45) is 0 Å². The second-order valence-corrected chi connectivity index (χ2v) is 11.9. The number of ether oxygens (including phenoxy) is 1. The summed E-state index contributed by atoms with van der Waals surface area (Å²) in [5, 5.41) is 0.483. The van der Waals surface area contributed by atoms with E-state index in [0.29, 0.717) is 23.7 Å². The van der Waals surface area contributed by atoms with Crippen LogP contribution in [0.1, 0.15) is 57.6 Å². The molecule has 1 aromatic carbocycles. The molecule has 1 saturated heterocycles. The second kappa shape index (κ2) is 10.0. The van der Waals surface area contributed by atoms with Crippen molar-refractivity contribution in [3.8, 4) is 0 Å². The molecule has 1 aliphatic carbocycles. The summed E-state index contributed by atoms with van der Waals surface area (Å²) in [4.78, 5) is 25.0. The minimum absolute atomic E-state index is 0.0510. The van der Waals surface area contributed by atoms with E-state index in [0.717, 1.165) is 49.3 Å². The molecule has 8 nitrogen and oxygen atoms in total. The Morgan fingerprint density at radius 1 is 1.16 bits per heavy atom. The first-order chi connectivity index (χ1) is 17.7. The zero-order chi connectivity index (χ0) is 26.2. The molecule has 1 amide bonds. The van der Waals surface area contributed by atoms with Crippen molar-refractivity contribution in [2.75, 3.05) is 18.0 Å². The summed E-state index contributed by atoms with van der Waals surface area (Å²) in [5.74, 6) is 0.280. The number of amides is 1. The number of nitrogens with one attached hydrogen (secondary N) is 1. The number of fused-ring (bicyclic) bond motifs is 1. The zero-order valence-corrected chi connectivity index (χ0v) is 22.4. The van der Waals surface area contributed by atoms with Gasteiger partial charge >= 0.3 is 0 Å². The fourth-order valence-corrected chi connectivity index (χ4v) is 6.48. The molecule has 0 unspecified atom stereocenters. The molecule has 37 heavy (non-hydrogen) atoms. The number of sulfonamides is 1. The molecule has 0 radical (unpaired) electrons. The fourth-order valence-electron chi connectivity index (χ4n) is 5.21. The number of carbonyl (C=O) groups is 1. The molecule has 1 saturated carbocycles. The molecule has 1 aliphatic heterocycles. The Hall–Kier alpha value is -3.04. The molecule has 2 fully saturated rings. The summed E-state index contributed by atoms with van der Waals surface area (Å²) >= 11 is 0. The first kappa shape index (κ1) is 25.6. The molecule has 9 heteroatoms. The van der Waals surface area contributed by atoms with Gasteiger partial charge in [0.15, 0.2) is 0 Å². The number of carbonyl (C=O) groups excluding carboxylic acids is 1. The average Bonchev–Trinajstić information content (AvgIpc) is 3.70. The lowest BCUT2D eigenvalue weighted by Crippen LogP contribution is -2.42. The van der Waals surface area contributed by atoms with E-state index in [1.165, 1.54) is 6.07 Å². The van der Waals surface area contributed by atoms with Crippen molar-refractivity contribution in [1.29, 1.82) is 0 Å². The Balaban J connectivity index is 1.43.